The number of aromatic nitrogens is 1. The SMILES string of the molecule is CC(C)(C)OC(=O)NCCCOCCOCCOCCCNC(=O)c1ccc(NN=Cc2ccc(C(=O)O)cc2)nc1. The van der Waals surface area contributed by atoms with Gasteiger partial charge in [0.25, 0.3) is 5.91 Å². The van der Waals surface area contributed by atoms with Gasteiger partial charge in [0.05, 0.1) is 43.8 Å². The van der Waals surface area contributed by atoms with Gasteiger partial charge in [0.15, 0.2) is 0 Å². The Hall–Kier alpha value is -4.07. The molecule has 42 heavy (non-hydrogen) atoms. The van der Waals surface area contributed by atoms with Crippen LogP contribution in [0.4, 0.5) is 10.6 Å². The minimum atomic E-state index is -0.987. The number of carboxylic acid groups (broad SMARTS) is 1. The van der Waals surface area contributed by atoms with Crippen LogP contribution < -0.4 is 16.1 Å². The van der Waals surface area contributed by atoms with Crippen LogP contribution in [0.1, 0.15) is 59.9 Å². The Bertz CT molecular complexity index is 1120. The molecule has 2 aromatic rings. The number of nitrogens with zero attached hydrogens (tertiary/aromatic N) is 2. The largest absolute Gasteiger partial charge is 0.478 e. The van der Waals surface area contributed by atoms with Crippen LogP contribution in [0.3, 0.4) is 0 Å². The van der Waals surface area contributed by atoms with Crippen molar-refractivity contribution in [1.82, 2.24) is 15.6 Å². The summed E-state index contributed by atoms with van der Waals surface area (Å²) in [5.74, 6) is -0.765. The van der Waals surface area contributed by atoms with Crippen molar-refractivity contribution in [2.45, 2.75) is 39.2 Å². The molecule has 13 heteroatoms. The van der Waals surface area contributed by atoms with E-state index < -0.39 is 17.7 Å². The lowest BCUT2D eigenvalue weighted by atomic mass is 10.1. The summed E-state index contributed by atoms with van der Waals surface area (Å²) < 4.78 is 21.6. The molecule has 1 aromatic carbocycles. The average molecular weight is 588 g/mol. The first kappa shape index (κ1) is 34.1. The van der Waals surface area contributed by atoms with Gasteiger partial charge in [0.1, 0.15) is 11.4 Å². The molecule has 0 aliphatic carbocycles. The zero-order valence-corrected chi connectivity index (χ0v) is 24.4. The first-order chi connectivity index (χ1) is 20.1. The maximum absolute atomic E-state index is 12.3. The molecule has 0 spiro atoms. The molecule has 1 heterocycles. The van der Waals surface area contributed by atoms with Gasteiger partial charge >= 0.3 is 12.1 Å². The van der Waals surface area contributed by atoms with Crippen LogP contribution in [0, 0.1) is 0 Å². The van der Waals surface area contributed by atoms with Crippen LogP contribution in [0.15, 0.2) is 47.7 Å². The number of amides is 2. The quantitative estimate of drug-likeness (QED) is 0.109. The Morgan fingerprint density at radius 1 is 0.833 bits per heavy atom. The van der Waals surface area contributed by atoms with Crippen LogP contribution in [-0.2, 0) is 18.9 Å². The maximum Gasteiger partial charge on any atom is 0.407 e. The zero-order chi connectivity index (χ0) is 30.6. The van der Waals surface area contributed by atoms with Crippen LogP contribution in [0.5, 0.6) is 0 Å². The minimum Gasteiger partial charge on any atom is -0.478 e. The van der Waals surface area contributed by atoms with Crippen molar-refractivity contribution in [3.8, 4) is 0 Å². The van der Waals surface area contributed by atoms with Crippen molar-refractivity contribution in [3.63, 3.8) is 0 Å². The van der Waals surface area contributed by atoms with Gasteiger partial charge in [0, 0.05) is 32.5 Å². The molecule has 4 N–H and O–H groups in total. The number of hydrogen-bond donors (Lipinski definition) is 4. The number of hydrogen-bond acceptors (Lipinski definition) is 10. The molecule has 2 amide bonds. The summed E-state index contributed by atoms with van der Waals surface area (Å²) >= 11 is 0. The number of rotatable bonds is 19. The monoisotopic (exact) mass is 587 g/mol. The summed E-state index contributed by atoms with van der Waals surface area (Å²) in [4.78, 5) is 38.9. The fourth-order valence-corrected chi connectivity index (χ4v) is 3.18. The number of hydrazone groups is 1. The number of benzene rings is 1. The lowest BCUT2D eigenvalue weighted by Crippen LogP contribution is -2.33. The Morgan fingerprint density at radius 3 is 1.95 bits per heavy atom. The van der Waals surface area contributed by atoms with E-state index in [1.54, 1.807) is 24.3 Å². The van der Waals surface area contributed by atoms with Gasteiger partial charge in [-0.15, -0.1) is 0 Å². The third kappa shape index (κ3) is 15.6. The minimum absolute atomic E-state index is 0.201. The highest BCUT2D eigenvalue weighted by atomic mass is 16.6. The van der Waals surface area contributed by atoms with Crippen molar-refractivity contribution in [3.05, 3.63) is 59.3 Å². The van der Waals surface area contributed by atoms with Crippen molar-refractivity contribution in [2.24, 2.45) is 5.10 Å². The molecule has 0 bridgehead atoms. The molecule has 0 aliphatic rings. The fourth-order valence-electron chi connectivity index (χ4n) is 3.18. The Balaban J connectivity index is 1.43. The number of carbonyl (C=O) groups excluding carboxylic acids is 2. The molecular formula is C29H41N5O8. The van der Waals surface area contributed by atoms with Gasteiger partial charge < -0.3 is 34.7 Å². The Morgan fingerprint density at radius 2 is 1.40 bits per heavy atom. The molecule has 0 fully saturated rings. The van der Waals surface area contributed by atoms with Gasteiger partial charge in [-0.05, 0) is 63.4 Å². The second-order valence-electron chi connectivity index (χ2n) is 9.96. The number of anilines is 1. The second-order valence-corrected chi connectivity index (χ2v) is 9.96. The summed E-state index contributed by atoms with van der Waals surface area (Å²) in [5, 5.41) is 18.5. The topological polar surface area (TPSA) is 170 Å². The first-order valence-electron chi connectivity index (χ1n) is 13.7. The predicted octanol–water partition coefficient (Wildman–Crippen LogP) is 3.31. The average Bonchev–Trinajstić information content (AvgIpc) is 2.94. The third-order valence-corrected chi connectivity index (χ3v) is 5.20. The number of nitrogens with one attached hydrogen (secondary N) is 3. The molecule has 0 saturated carbocycles. The lowest BCUT2D eigenvalue weighted by molar-refractivity contribution is 0.0136. The molecule has 2 rings (SSSR count). The normalized spacial score (nSPS) is 11.3. The summed E-state index contributed by atoms with van der Waals surface area (Å²) in [7, 11) is 0. The number of ether oxygens (including phenoxy) is 4. The van der Waals surface area contributed by atoms with Crippen molar-refractivity contribution >= 4 is 30.0 Å². The predicted molar refractivity (Wildman–Crippen MR) is 157 cm³/mol. The van der Waals surface area contributed by atoms with Gasteiger partial charge in [-0.1, -0.05) is 12.1 Å². The molecular weight excluding hydrogens is 546 g/mol. The number of alkyl carbamates (subject to hydrolysis) is 1. The van der Waals surface area contributed by atoms with E-state index in [2.05, 4.69) is 26.1 Å². The van der Waals surface area contributed by atoms with Crippen LogP contribution in [0.25, 0.3) is 0 Å². The molecule has 0 radical (unpaired) electrons. The van der Waals surface area contributed by atoms with Gasteiger partial charge in [-0.25, -0.2) is 14.6 Å². The van der Waals surface area contributed by atoms with Crippen LogP contribution in [-0.4, -0.2) is 92.6 Å². The highest BCUT2D eigenvalue weighted by molar-refractivity contribution is 5.94. The van der Waals surface area contributed by atoms with Crippen molar-refractivity contribution in [2.75, 3.05) is 58.2 Å². The number of pyridine rings is 1. The van der Waals surface area contributed by atoms with E-state index in [1.807, 2.05) is 20.8 Å². The van der Waals surface area contributed by atoms with Gasteiger partial charge in [-0.3, -0.25) is 10.2 Å². The second kappa shape index (κ2) is 19.1. The van der Waals surface area contributed by atoms with Crippen molar-refractivity contribution in [1.29, 1.82) is 0 Å². The molecule has 230 valence electrons. The number of carbonyl (C=O) groups is 3. The molecule has 0 atom stereocenters. The van der Waals surface area contributed by atoms with E-state index in [0.29, 0.717) is 77.0 Å². The van der Waals surface area contributed by atoms with Gasteiger partial charge in [0.2, 0.25) is 0 Å². The van der Waals surface area contributed by atoms with Crippen LogP contribution >= 0.6 is 0 Å². The third-order valence-electron chi connectivity index (χ3n) is 5.20. The molecule has 0 saturated heterocycles. The standard InChI is InChI=1S/C29H41N5O8/c1-29(2,3)42-28(38)31-13-5-15-40-17-19-41-18-16-39-14-4-12-30-26(35)24-10-11-25(32-21-24)34-33-20-22-6-8-23(9-7-22)27(36)37/h6-11,20-21H,4-5,12-19H2,1-3H3,(H,30,35)(H,31,38)(H,32,34)(H,36,37). The highest BCUT2D eigenvalue weighted by Crippen LogP contribution is 2.07. The molecule has 0 aliphatic heterocycles. The first-order valence-corrected chi connectivity index (χ1v) is 13.7. The van der Waals surface area contributed by atoms with Gasteiger partial charge in [-0.2, -0.15) is 5.10 Å². The van der Waals surface area contributed by atoms with Crippen molar-refractivity contribution < 1.29 is 38.4 Å². The fraction of sp³-hybridized carbons (Fsp3) is 0.483. The summed E-state index contributed by atoms with van der Waals surface area (Å²) in [5.41, 5.74) is 3.60. The summed E-state index contributed by atoms with van der Waals surface area (Å²) in [6.07, 6.45) is 3.89. The maximum atomic E-state index is 12.3. The van der Waals surface area contributed by atoms with E-state index in [4.69, 9.17) is 24.1 Å². The van der Waals surface area contributed by atoms with E-state index in [0.717, 1.165) is 5.56 Å². The lowest BCUT2D eigenvalue weighted by Gasteiger charge is -2.19. The Labute approximate surface area is 246 Å². The van der Waals surface area contributed by atoms with E-state index >= 15 is 0 Å². The summed E-state index contributed by atoms with van der Waals surface area (Å²) in [6, 6.07) is 9.56. The van der Waals surface area contributed by atoms with Crippen LogP contribution in [0.2, 0.25) is 0 Å². The highest BCUT2D eigenvalue weighted by Gasteiger charge is 2.15. The smallest absolute Gasteiger partial charge is 0.407 e. The van der Waals surface area contributed by atoms with E-state index in [-0.39, 0.29) is 11.5 Å². The molecule has 13 nitrogen and oxygen atoms in total. The summed E-state index contributed by atoms with van der Waals surface area (Å²) in [6.45, 7) is 9.20. The van der Waals surface area contributed by atoms with E-state index in [9.17, 15) is 14.4 Å². The molecule has 1 aromatic heterocycles. The number of carboxylic acids is 1. The zero-order valence-electron chi connectivity index (χ0n) is 24.4. The number of aromatic carboxylic acids is 1. The Kier molecular flexibility index (Phi) is 15.5. The van der Waals surface area contributed by atoms with E-state index in [1.165, 1.54) is 24.5 Å². The molecule has 0 unspecified atom stereocenters.